The van der Waals surface area contributed by atoms with Crippen molar-refractivity contribution in [1.82, 2.24) is 0 Å². The molecule has 0 fully saturated rings. The number of carbonyl (C=O) groups is 4. The summed E-state index contributed by atoms with van der Waals surface area (Å²) in [4.78, 5) is 53.1. The number of unbranched alkanes of at least 4 members (excludes halogenated alkanes) is 2. The van der Waals surface area contributed by atoms with E-state index < -0.39 is 0 Å². The van der Waals surface area contributed by atoms with Crippen LogP contribution in [0.5, 0.6) is 0 Å². The molecule has 252 valence electrons. The standard InChI is InChI=1S/C46H44O4/c1-4-7-13-30(6-3)31(14-8-5-2)27-40-38-23-28(25-41-43(47)34-15-9-10-16-35(34)44(41)48)19-21-32(38)33-22-20-29(24-39(33)40)26-42-45(49)36-17-11-12-18-37(36)46(42)50/h9-12,15-26,30-31,40H,4-8,13-14,27H2,1-3H3. The maximum Gasteiger partial charge on any atom is 0.197 e. The van der Waals surface area contributed by atoms with E-state index in [1.165, 1.54) is 43.2 Å². The summed E-state index contributed by atoms with van der Waals surface area (Å²) in [5, 5.41) is 0. The molecule has 0 bridgehead atoms. The van der Waals surface area contributed by atoms with E-state index in [4.69, 9.17) is 0 Å². The minimum Gasteiger partial charge on any atom is -0.288 e. The predicted octanol–water partition coefficient (Wildman–Crippen LogP) is 11.1. The van der Waals surface area contributed by atoms with Crippen LogP contribution < -0.4 is 0 Å². The summed E-state index contributed by atoms with van der Waals surface area (Å²) in [7, 11) is 0. The minimum atomic E-state index is -0.219. The summed E-state index contributed by atoms with van der Waals surface area (Å²) in [6, 6.07) is 26.7. The molecule has 0 spiro atoms. The lowest BCUT2D eigenvalue weighted by atomic mass is 9.75. The van der Waals surface area contributed by atoms with E-state index in [1.54, 1.807) is 60.7 Å². The molecule has 0 amide bonds. The van der Waals surface area contributed by atoms with E-state index in [-0.39, 0.29) is 40.2 Å². The number of benzene rings is 4. The van der Waals surface area contributed by atoms with Crippen LogP contribution in [-0.2, 0) is 0 Å². The number of fused-ring (bicyclic) bond motifs is 5. The Morgan fingerprint density at radius 2 is 0.920 bits per heavy atom. The highest BCUT2D eigenvalue weighted by Gasteiger charge is 2.36. The van der Waals surface area contributed by atoms with Crippen LogP contribution >= 0.6 is 0 Å². The van der Waals surface area contributed by atoms with Crippen molar-refractivity contribution in [3.8, 4) is 11.1 Å². The Kier molecular flexibility index (Phi) is 9.46. The number of allylic oxidation sites excluding steroid dienone is 2. The lowest BCUT2D eigenvalue weighted by Crippen LogP contribution is -2.18. The summed E-state index contributed by atoms with van der Waals surface area (Å²) >= 11 is 0. The monoisotopic (exact) mass is 660 g/mol. The first-order valence-corrected chi connectivity index (χ1v) is 18.4. The van der Waals surface area contributed by atoms with Crippen LogP contribution in [0.2, 0.25) is 0 Å². The Balaban J connectivity index is 1.30. The smallest absolute Gasteiger partial charge is 0.197 e. The van der Waals surface area contributed by atoms with E-state index in [1.807, 2.05) is 12.1 Å². The Labute approximate surface area is 295 Å². The fourth-order valence-corrected chi connectivity index (χ4v) is 8.53. The van der Waals surface area contributed by atoms with Gasteiger partial charge in [0, 0.05) is 28.2 Å². The molecule has 2 atom stereocenters. The lowest BCUT2D eigenvalue weighted by Gasteiger charge is -2.30. The maximum atomic E-state index is 13.3. The highest BCUT2D eigenvalue weighted by Crippen LogP contribution is 2.50. The van der Waals surface area contributed by atoms with E-state index >= 15 is 0 Å². The first-order chi connectivity index (χ1) is 24.3. The summed E-state index contributed by atoms with van der Waals surface area (Å²) in [5.74, 6) is 0.398. The third kappa shape index (κ3) is 5.95. The van der Waals surface area contributed by atoms with Crippen molar-refractivity contribution >= 4 is 35.3 Å². The van der Waals surface area contributed by atoms with Gasteiger partial charge in [-0.1, -0.05) is 151 Å². The van der Waals surface area contributed by atoms with E-state index in [9.17, 15) is 19.2 Å². The van der Waals surface area contributed by atoms with Crippen molar-refractivity contribution in [3.05, 3.63) is 141 Å². The summed E-state index contributed by atoms with van der Waals surface area (Å²) < 4.78 is 0. The van der Waals surface area contributed by atoms with E-state index in [2.05, 4.69) is 45.0 Å². The van der Waals surface area contributed by atoms with E-state index in [0.717, 1.165) is 41.5 Å². The van der Waals surface area contributed by atoms with Gasteiger partial charge in [-0.25, -0.2) is 0 Å². The van der Waals surface area contributed by atoms with Crippen LogP contribution in [0.3, 0.4) is 0 Å². The van der Waals surface area contributed by atoms with Gasteiger partial charge in [-0.15, -0.1) is 0 Å². The molecule has 0 aromatic heterocycles. The molecule has 4 aromatic rings. The molecule has 0 saturated heterocycles. The molecular formula is C46H44O4. The molecule has 0 saturated carbocycles. The van der Waals surface area contributed by atoms with Crippen molar-refractivity contribution in [2.75, 3.05) is 0 Å². The molecule has 0 radical (unpaired) electrons. The zero-order valence-corrected chi connectivity index (χ0v) is 29.3. The van der Waals surface area contributed by atoms with Gasteiger partial charge in [0.1, 0.15) is 0 Å². The Morgan fingerprint density at radius 3 is 1.30 bits per heavy atom. The van der Waals surface area contributed by atoms with Crippen LogP contribution in [-0.4, -0.2) is 23.1 Å². The number of rotatable bonds is 12. The number of ketones is 4. The van der Waals surface area contributed by atoms with Gasteiger partial charge in [0.15, 0.2) is 23.1 Å². The molecule has 4 heteroatoms. The third-order valence-electron chi connectivity index (χ3n) is 11.2. The summed E-state index contributed by atoms with van der Waals surface area (Å²) in [6.45, 7) is 6.85. The Bertz CT molecular complexity index is 1880. The number of carbonyl (C=O) groups excluding carboxylic acids is 4. The normalized spacial score (nSPS) is 16.0. The van der Waals surface area contributed by atoms with Gasteiger partial charge >= 0.3 is 0 Å². The molecule has 3 aliphatic carbocycles. The zero-order valence-electron chi connectivity index (χ0n) is 29.3. The summed E-state index contributed by atoms with van der Waals surface area (Å²) in [6.07, 6.45) is 12.8. The van der Waals surface area contributed by atoms with Crippen LogP contribution in [0.25, 0.3) is 23.3 Å². The molecule has 0 N–H and O–H groups in total. The van der Waals surface area contributed by atoms with Crippen molar-refractivity contribution in [3.63, 3.8) is 0 Å². The van der Waals surface area contributed by atoms with Crippen molar-refractivity contribution < 1.29 is 19.2 Å². The second kappa shape index (κ2) is 14.1. The first kappa shape index (κ1) is 33.5. The van der Waals surface area contributed by atoms with Gasteiger partial charge in [-0.05, 0) is 63.8 Å². The molecule has 50 heavy (non-hydrogen) atoms. The average molecular weight is 661 g/mol. The van der Waals surface area contributed by atoms with E-state index in [0.29, 0.717) is 34.1 Å². The highest BCUT2D eigenvalue weighted by molar-refractivity contribution is 6.42. The lowest BCUT2D eigenvalue weighted by molar-refractivity contribution is 0.0975. The molecule has 4 nitrogen and oxygen atoms in total. The summed E-state index contributed by atoms with van der Waals surface area (Å²) in [5.41, 5.74) is 8.73. The highest BCUT2D eigenvalue weighted by atomic mass is 16.2. The topological polar surface area (TPSA) is 68.3 Å². The maximum absolute atomic E-state index is 13.3. The fraction of sp³-hybridized carbons (Fsp3) is 0.304. The number of hydrogen-bond donors (Lipinski definition) is 0. The first-order valence-electron chi connectivity index (χ1n) is 18.4. The van der Waals surface area contributed by atoms with Crippen LogP contribution in [0.1, 0.15) is 142 Å². The number of hydrogen-bond acceptors (Lipinski definition) is 4. The van der Waals surface area contributed by atoms with Gasteiger partial charge in [0.2, 0.25) is 0 Å². The van der Waals surface area contributed by atoms with Crippen LogP contribution in [0.15, 0.2) is 96.1 Å². The molecule has 2 unspecified atom stereocenters. The minimum absolute atomic E-state index is 0.105. The molecular weight excluding hydrogens is 617 g/mol. The second-order valence-electron chi connectivity index (χ2n) is 14.2. The molecule has 3 aliphatic rings. The van der Waals surface area contributed by atoms with Crippen molar-refractivity contribution in [1.29, 1.82) is 0 Å². The van der Waals surface area contributed by atoms with Gasteiger partial charge in [0.25, 0.3) is 0 Å². The van der Waals surface area contributed by atoms with Crippen molar-refractivity contribution in [2.45, 2.75) is 78.1 Å². The quantitative estimate of drug-likeness (QED) is 0.112. The molecule has 0 aliphatic heterocycles. The van der Waals surface area contributed by atoms with Crippen LogP contribution in [0, 0.1) is 11.8 Å². The van der Waals surface area contributed by atoms with Gasteiger partial charge in [0.05, 0.1) is 11.1 Å². The predicted molar refractivity (Wildman–Crippen MR) is 201 cm³/mol. The molecule has 4 aromatic carbocycles. The average Bonchev–Trinajstić information content (AvgIpc) is 3.67. The Morgan fingerprint density at radius 1 is 0.520 bits per heavy atom. The Hall–Kier alpha value is -4.96. The van der Waals surface area contributed by atoms with Gasteiger partial charge < -0.3 is 0 Å². The van der Waals surface area contributed by atoms with Gasteiger partial charge in [-0.3, -0.25) is 19.2 Å². The SMILES string of the molecule is CCCCC(CC)C(CCCC)CC1c2cc(C=C3C(=O)c4ccccc4C3=O)ccc2-c2ccc(C=C3C(=O)c4ccccc4C3=O)cc21. The third-order valence-corrected chi connectivity index (χ3v) is 11.2. The fourth-order valence-electron chi connectivity index (χ4n) is 8.53. The van der Waals surface area contributed by atoms with Gasteiger partial charge in [-0.2, -0.15) is 0 Å². The molecule has 0 heterocycles. The largest absolute Gasteiger partial charge is 0.288 e. The zero-order chi connectivity index (χ0) is 34.9. The molecule has 7 rings (SSSR count). The number of Topliss-reactive ketones (excluding diaryl/α,β-unsaturated/α-hetero) is 4. The van der Waals surface area contributed by atoms with Crippen molar-refractivity contribution in [2.24, 2.45) is 11.8 Å². The second-order valence-corrected chi connectivity index (χ2v) is 14.2. The van der Waals surface area contributed by atoms with Crippen LogP contribution in [0.4, 0.5) is 0 Å².